The Morgan fingerprint density at radius 3 is 2.57 bits per heavy atom. The predicted molar refractivity (Wildman–Crippen MR) is 60.5 cm³/mol. The van der Waals surface area contributed by atoms with Gasteiger partial charge in [0.2, 0.25) is 0 Å². The highest BCUT2D eigenvalue weighted by Gasteiger charge is 2.29. The lowest BCUT2D eigenvalue weighted by Crippen LogP contribution is -2.27. The van der Waals surface area contributed by atoms with Crippen molar-refractivity contribution in [2.24, 2.45) is 11.8 Å². The molecule has 0 saturated heterocycles. The van der Waals surface area contributed by atoms with Crippen molar-refractivity contribution in [1.29, 1.82) is 0 Å². The minimum Gasteiger partial charge on any atom is -0.469 e. The molecule has 1 rings (SSSR count). The molecule has 0 aromatic carbocycles. The van der Waals surface area contributed by atoms with Gasteiger partial charge in [-0.2, -0.15) is 0 Å². The third-order valence-corrected chi connectivity index (χ3v) is 3.60. The van der Waals surface area contributed by atoms with Crippen LogP contribution in [0.5, 0.6) is 0 Å². The largest absolute Gasteiger partial charge is 0.469 e. The lowest BCUT2D eigenvalue weighted by Gasteiger charge is -2.27. The fraction of sp³-hybridized carbons (Fsp3) is 0.909. The average Bonchev–Trinajstić information content (AvgIpc) is 2.26. The van der Waals surface area contributed by atoms with Crippen LogP contribution in [-0.2, 0) is 9.53 Å². The SMILES string of the molecule is COC(=O)C(CCBr)C1CCCCC1. The first-order chi connectivity index (χ1) is 6.79. The van der Waals surface area contributed by atoms with Crippen molar-refractivity contribution in [1.82, 2.24) is 0 Å². The van der Waals surface area contributed by atoms with Gasteiger partial charge in [-0.1, -0.05) is 35.2 Å². The summed E-state index contributed by atoms with van der Waals surface area (Å²) < 4.78 is 4.86. The van der Waals surface area contributed by atoms with E-state index in [0.717, 1.165) is 11.8 Å². The number of hydrogen-bond acceptors (Lipinski definition) is 2. The Labute approximate surface area is 94.5 Å². The summed E-state index contributed by atoms with van der Waals surface area (Å²) in [6.07, 6.45) is 7.20. The predicted octanol–water partition coefficient (Wildman–Crippen LogP) is 3.14. The fourth-order valence-corrected chi connectivity index (χ4v) is 2.84. The van der Waals surface area contributed by atoms with Gasteiger partial charge in [-0.15, -0.1) is 0 Å². The van der Waals surface area contributed by atoms with Crippen LogP contribution in [-0.4, -0.2) is 18.4 Å². The van der Waals surface area contributed by atoms with Gasteiger partial charge in [-0.25, -0.2) is 0 Å². The molecule has 3 heteroatoms. The molecule has 1 aliphatic rings. The first-order valence-corrected chi connectivity index (χ1v) is 6.55. The van der Waals surface area contributed by atoms with Crippen LogP contribution in [0.25, 0.3) is 0 Å². The maximum Gasteiger partial charge on any atom is 0.308 e. The molecule has 0 aromatic heterocycles. The quantitative estimate of drug-likeness (QED) is 0.575. The topological polar surface area (TPSA) is 26.3 Å². The van der Waals surface area contributed by atoms with Gasteiger partial charge in [-0.3, -0.25) is 4.79 Å². The van der Waals surface area contributed by atoms with Crippen molar-refractivity contribution in [3.05, 3.63) is 0 Å². The molecule has 14 heavy (non-hydrogen) atoms. The summed E-state index contributed by atoms with van der Waals surface area (Å²) in [6.45, 7) is 0. The Hall–Kier alpha value is -0.0500. The van der Waals surface area contributed by atoms with Crippen LogP contribution in [0.1, 0.15) is 38.5 Å². The van der Waals surface area contributed by atoms with Gasteiger partial charge in [0, 0.05) is 5.33 Å². The van der Waals surface area contributed by atoms with Crippen LogP contribution in [0.4, 0.5) is 0 Å². The molecule has 0 aliphatic heterocycles. The first kappa shape index (κ1) is 12.0. The fourth-order valence-electron chi connectivity index (χ4n) is 2.35. The van der Waals surface area contributed by atoms with E-state index in [2.05, 4.69) is 15.9 Å². The van der Waals surface area contributed by atoms with Gasteiger partial charge in [0.15, 0.2) is 0 Å². The Morgan fingerprint density at radius 1 is 1.43 bits per heavy atom. The highest BCUT2D eigenvalue weighted by molar-refractivity contribution is 9.09. The number of rotatable bonds is 4. The third-order valence-electron chi connectivity index (χ3n) is 3.14. The standard InChI is InChI=1S/C11H19BrO2/c1-14-11(13)10(7-8-12)9-5-3-2-4-6-9/h9-10H,2-8H2,1H3. The Morgan fingerprint density at radius 2 is 2.07 bits per heavy atom. The normalized spacial score (nSPS) is 20.4. The zero-order chi connectivity index (χ0) is 10.4. The van der Waals surface area contributed by atoms with Gasteiger partial charge in [0.1, 0.15) is 0 Å². The van der Waals surface area contributed by atoms with Gasteiger partial charge < -0.3 is 4.74 Å². The maximum atomic E-state index is 11.6. The summed E-state index contributed by atoms with van der Waals surface area (Å²) in [5.74, 6) is 0.671. The number of alkyl halides is 1. The minimum absolute atomic E-state index is 0.0173. The van der Waals surface area contributed by atoms with E-state index in [1.165, 1.54) is 39.2 Å². The highest BCUT2D eigenvalue weighted by Crippen LogP contribution is 2.32. The van der Waals surface area contributed by atoms with Crippen LogP contribution in [0.2, 0.25) is 0 Å². The zero-order valence-corrected chi connectivity index (χ0v) is 10.4. The third kappa shape index (κ3) is 3.26. The lowest BCUT2D eigenvalue weighted by molar-refractivity contribution is -0.148. The molecule has 0 heterocycles. The van der Waals surface area contributed by atoms with Gasteiger partial charge in [0.25, 0.3) is 0 Å². The summed E-state index contributed by atoms with van der Waals surface area (Å²) in [4.78, 5) is 11.6. The molecule has 1 saturated carbocycles. The molecule has 82 valence electrons. The summed E-state index contributed by atoms with van der Waals surface area (Å²) >= 11 is 3.41. The summed E-state index contributed by atoms with van der Waals surface area (Å²) in [6, 6.07) is 0. The van der Waals surface area contributed by atoms with Crippen LogP contribution in [0.3, 0.4) is 0 Å². The Kier molecular flexibility index (Phi) is 5.53. The maximum absolute atomic E-state index is 11.6. The number of carbonyl (C=O) groups is 1. The van der Waals surface area contributed by atoms with Crippen LogP contribution in [0, 0.1) is 11.8 Å². The molecule has 1 fully saturated rings. The van der Waals surface area contributed by atoms with Crippen LogP contribution in [0.15, 0.2) is 0 Å². The molecule has 0 bridgehead atoms. The second-order valence-corrected chi connectivity index (χ2v) is 4.80. The number of carbonyl (C=O) groups excluding carboxylic acids is 1. The number of methoxy groups -OCH3 is 1. The van der Waals surface area contributed by atoms with Gasteiger partial charge in [0.05, 0.1) is 13.0 Å². The Balaban J connectivity index is 2.50. The molecule has 0 radical (unpaired) electrons. The molecular formula is C11H19BrO2. The molecule has 1 aliphatic carbocycles. The average molecular weight is 263 g/mol. The monoisotopic (exact) mass is 262 g/mol. The van der Waals surface area contributed by atoms with Crippen LogP contribution >= 0.6 is 15.9 Å². The second kappa shape index (κ2) is 6.44. The molecule has 0 spiro atoms. The van der Waals surface area contributed by atoms with E-state index in [1.54, 1.807) is 0 Å². The summed E-state index contributed by atoms with van der Waals surface area (Å²) in [7, 11) is 1.49. The minimum atomic E-state index is -0.0173. The second-order valence-electron chi connectivity index (χ2n) is 4.01. The first-order valence-electron chi connectivity index (χ1n) is 5.43. The molecule has 1 unspecified atom stereocenters. The van der Waals surface area contributed by atoms with E-state index in [-0.39, 0.29) is 11.9 Å². The van der Waals surface area contributed by atoms with Crippen molar-refractivity contribution < 1.29 is 9.53 Å². The van der Waals surface area contributed by atoms with Crippen molar-refractivity contribution in [3.8, 4) is 0 Å². The summed E-state index contributed by atoms with van der Waals surface area (Å²) in [5.41, 5.74) is 0. The Bertz CT molecular complexity index is 176. The van der Waals surface area contributed by atoms with E-state index in [0.29, 0.717) is 5.92 Å². The van der Waals surface area contributed by atoms with Crippen molar-refractivity contribution in [3.63, 3.8) is 0 Å². The van der Waals surface area contributed by atoms with E-state index in [1.807, 2.05) is 0 Å². The number of esters is 1. The van der Waals surface area contributed by atoms with Crippen molar-refractivity contribution in [2.45, 2.75) is 38.5 Å². The van der Waals surface area contributed by atoms with Crippen molar-refractivity contribution >= 4 is 21.9 Å². The summed E-state index contributed by atoms with van der Waals surface area (Å²) in [5, 5.41) is 0.892. The molecule has 0 amide bonds. The number of hydrogen-bond donors (Lipinski definition) is 0. The molecule has 2 nitrogen and oxygen atoms in total. The van der Waals surface area contributed by atoms with Gasteiger partial charge in [-0.05, 0) is 25.2 Å². The highest BCUT2D eigenvalue weighted by atomic mass is 79.9. The molecule has 1 atom stereocenters. The lowest BCUT2D eigenvalue weighted by atomic mass is 9.79. The number of halogens is 1. The smallest absolute Gasteiger partial charge is 0.308 e. The molecular weight excluding hydrogens is 244 g/mol. The van der Waals surface area contributed by atoms with Crippen molar-refractivity contribution in [2.75, 3.05) is 12.4 Å². The van der Waals surface area contributed by atoms with Gasteiger partial charge >= 0.3 is 5.97 Å². The van der Waals surface area contributed by atoms with Crippen LogP contribution < -0.4 is 0 Å². The molecule has 0 aromatic rings. The van der Waals surface area contributed by atoms with E-state index in [4.69, 9.17) is 4.74 Å². The number of ether oxygens (including phenoxy) is 1. The zero-order valence-electron chi connectivity index (χ0n) is 8.80. The van der Waals surface area contributed by atoms with E-state index >= 15 is 0 Å². The molecule has 0 N–H and O–H groups in total. The van der Waals surface area contributed by atoms with E-state index in [9.17, 15) is 4.79 Å². The van der Waals surface area contributed by atoms with E-state index < -0.39 is 0 Å².